The first-order chi connectivity index (χ1) is 62.1. The molecule has 32 nitrogen and oxygen atoms in total. The smallest absolute Gasteiger partial charge is 0.337 e. The summed E-state index contributed by atoms with van der Waals surface area (Å²) < 4.78 is 15.4. The average Bonchev–Trinajstić information content (AvgIpc) is 0.822. The maximum absolute atomic E-state index is 12.4. The first-order valence-corrected chi connectivity index (χ1v) is 41.9. The number of rotatable bonds is 22. The van der Waals surface area contributed by atoms with Gasteiger partial charge < -0.3 is 91.8 Å². The van der Waals surface area contributed by atoms with Crippen molar-refractivity contribution in [3.63, 3.8) is 0 Å². The number of H-pyrrole nitrogens is 2. The number of carbonyl (C=O) groups is 12. The Morgan fingerprint density at radius 1 is 0.321 bits per heavy atom. The Hall–Kier alpha value is -14.4. The van der Waals surface area contributed by atoms with Crippen molar-refractivity contribution in [2.75, 3.05) is 53.2 Å². The number of phenolic OH excluding ortho intramolecular Hbond substituents is 4. The molecule has 0 unspecified atom stereocenters. The van der Waals surface area contributed by atoms with Crippen LogP contribution < -0.4 is 43.0 Å². The SMILES string of the molecule is CC(C)Cc1ccc(O)c(C(=O)Nc2ccc(C(=O)O)cc2)c1.COC(=O)c1ccc(NC(=O)c2cc(CC(C)C)ccc2O)cc1.COC(=O)c1ccc(NC(=O)c2cc(I)ccc2O)c(Cl)c1.COC(=O)c1ccc(NC(=O)c2ccc[nH]c2=O)c(Cl)c1.O=C(O)c1ccc(NC(=O)c2cc(I)ccc2O)c(Cl)c1.O=C(O)c1ccc(NC(=O)c2ccc[nH]c2=O)c(Cl)c1. The van der Waals surface area contributed by atoms with E-state index in [-0.39, 0.29) is 121 Å². The second-order valence-electron chi connectivity index (χ2n) is 28.1. The summed E-state index contributed by atoms with van der Waals surface area (Å²) in [6.45, 7) is 8.35. The van der Waals surface area contributed by atoms with Crippen LogP contribution >= 0.6 is 91.6 Å². The fourth-order valence-corrected chi connectivity index (χ4v) is 13.1. The molecule has 0 atom stereocenters. The first-order valence-electron chi connectivity index (χ1n) is 38.3. The number of benzene rings is 10. The highest BCUT2D eigenvalue weighted by molar-refractivity contribution is 14.1. The van der Waals surface area contributed by atoms with E-state index in [1.807, 2.05) is 51.2 Å². The third kappa shape index (κ3) is 31.5. The normalized spacial score (nSPS) is 10.3. The van der Waals surface area contributed by atoms with Crippen LogP contribution in [0.15, 0.2) is 240 Å². The molecular weight excluding hydrogens is 2010 g/mol. The summed E-state index contributed by atoms with van der Waals surface area (Å²) in [4.78, 5) is 167. The van der Waals surface area contributed by atoms with Crippen molar-refractivity contribution >= 4 is 197 Å². The van der Waals surface area contributed by atoms with E-state index in [9.17, 15) is 87.5 Å². The molecule has 0 bridgehead atoms. The van der Waals surface area contributed by atoms with Crippen molar-refractivity contribution in [3.8, 4) is 23.0 Å². The molecule has 12 rings (SSSR count). The number of pyridine rings is 2. The van der Waals surface area contributed by atoms with Crippen LogP contribution in [-0.4, -0.2) is 138 Å². The number of hydrogen-bond acceptors (Lipinski definition) is 21. The van der Waals surface area contributed by atoms with Gasteiger partial charge in [-0.2, -0.15) is 0 Å². The van der Waals surface area contributed by atoms with Gasteiger partial charge in [0.2, 0.25) is 0 Å². The molecule has 2 heterocycles. The van der Waals surface area contributed by atoms with E-state index >= 15 is 0 Å². The number of nitrogens with one attached hydrogen (secondary N) is 8. The quantitative estimate of drug-likeness (QED) is 0.0170. The van der Waals surface area contributed by atoms with Crippen molar-refractivity contribution in [3.05, 3.63) is 357 Å². The first kappa shape index (κ1) is 104. The minimum atomic E-state index is -1.12. The lowest BCUT2D eigenvalue weighted by atomic mass is 10.00. The van der Waals surface area contributed by atoms with Gasteiger partial charge in [0.25, 0.3) is 46.6 Å². The van der Waals surface area contributed by atoms with E-state index in [4.69, 9.17) is 61.7 Å². The summed E-state index contributed by atoms with van der Waals surface area (Å²) in [5, 5.41) is 81.8. The molecule has 0 aliphatic heterocycles. The van der Waals surface area contributed by atoms with E-state index in [0.717, 1.165) is 31.1 Å². The Bertz CT molecular complexity index is 6410. The summed E-state index contributed by atoms with van der Waals surface area (Å²) in [6, 6.07) is 53.9. The van der Waals surface area contributed by atoms with Crippen LogP contribution in [0.2, 0.25) is 20.1 Å². The molecule has 0 radical (unpaired) electrons. The number of aromatic nitrogens is 2. The average molecular weight is 2090 g/mol. The molecule has 0 fully saturated rings. The maximum atomic E-state index is 12.4. The fraction of sp³-hybridized carbons (Fsp3) is 0.118. The Kier molecular flexibility index (Phi) is 39.4. The lowest BCUT2D eigenvalue weighted by molar-refractivity contribution is 0.0592. The zero-order valence-corrected chi connectivity index (χ0v) is 77.2. The Labute approximate surface area is 793 Å². The molecule has 12 aromatic rings. The molecule has 0 spiro atoms. The lowest BCUT2D eigenvalue weighted by Gasteiger charge is -2.10. The van der Waals surface area contributed by atoms with Gasteiger partial charge in [-0.05, 0) is 287 Å². The topological polar surface area (TPSA) is 512 Å². The number of aromatic carboxylic acids is 3. The number of carbonyl (C=O) groups excluding carboxylic acids is 9. The summed E-state index contributed by atoms with van der Waals surface area (Å²) in [5.74, 6) is -7.35. The van der Waals surface area contributed by atoms with Gasteiger partial charge in [0, 0.05) is 30.9 Å². The highest BCUT2D eigenvalue weighted by Gasteiger charge is 2.22. The van der Waals surface area contributed by atoms with Gasteiger partial charge in [-0.1, -0.05) is 86.2 Å². The van der Waals surface area contributed by atoms with Gasteiger partial charge >= 0.3 is 35.8 Å². The van der Waals surface area contributed by atoms with Crippen LogP contribution in [0.25, 0.3) is 0 Å². The number of ether oxygens (including phenoxy) is 3. The number of anilines is 6. The van der Waals surface area contributed by atoms with Gasteiger partial charge in [-0.3, -0.25) is 38.4 Å². The maximum Gasteiger partial charge on any atom is 0.337 e. The Balaban J connectivity index is 0.000000215. The highest BCUT2D eigenvalue weighted by atomic mass is 127. The van der Waals surface area contributed by atoms with Gasteiger partial charge in [-0.25, -0.2) is 28.8 Å². The fourth-order valence-electron chi connectivity index (χ4n) is 11.2. The lowest BCUT2D eigenvalue weighted by Crippen LogP contribution is -2.22. The van der Waals surface area contributed by atoms with E-state index in [2.05, 4.69) is 83.8 Å². The second-order valence-corrected chi connectivity index (χ2v) is 32.2. The van der Waals surface area contributed by atoms with Crippen LogP contribution in [0, 0.1) is 19.0 Å². The number of aromatic hydroxyl groups is 4. The number of carboxylic acid groups (broad SMARTS) is 3. The van der Waals surface area contributed by atoms with Crippen molar-refractivity contribution in [2.24, 2.45) is 11.8 Å². The van der Waals surface area contributed by atoms with Crippen molar-refractivity contribution in [1.82, 2.24) is 9.97 Å². The standard InChI is InChI=1S/C19H21NO4.C18H19NO4.C15H11ClINO4.C14H9ClINO4.C14H11ClN2O4.C13H9ClN2O4/c1-12(2)10-13-4-9-17(21)16(11-13)18(22)20-15-7-5-14(6-8-15)19(23)24-3;1-11(2)9-12-3-8-16(20)15(10-12)17(21)19-14-6-4-13(5-7-14)18(22)23;1-22-15(21)8-2-4-12(11(16)6-8)18-14(20)10-7-9(17)3-5-13(10)19;15-10-5-7(14(20)21)1-3-11(10)17-13(19)9-6-8(16)2-4-12(9)18;1-21-14(20)8-4-5-11(10(15)7-8)17-13(19)9-3-2-6-16-12(9)18;14-9-6-7(13(19)20)3-4-10(9)16-12(18)8-2-1-5-15-11(8)17/h4-9,11-12,21H,10H2,1-3H3,(H,20,22);3-8,10-11,20H,9H2,1-2H3,(H,19,21)(H,22,23);2-7,19H,1H3,(H,18,20);1-6,18H,(H,17,19)(H,20,21);2-7H,1H3,(H,16,18)(H,17,19);1-6H,(H,15,17)(H,16,18)(H,19,20). The van der Waals surface area contributed by atoms with Crippen LogP contribution in [0.1, 0.15) is 163 Å². The molecule has 678 valence electrons. The molecule has 0 aliphatic rings. The molecule has 131 heavy (non-hydrogen) atoms. The number of hydrogen-bond donors (Lipinski definition) is 15. The van der Waals surface area contributed by atoms with E-state index in [0.29, 0.717) is 34.5 Å². The molecule has 2 aromatic heterocycles. The van der Waals surface area contributed by atoms with Gasteiger partial charge in [0.15, 0.2) is 0 Å². The zero-order valence-electron chi connectivity index (χ0n) is 69.8. The molecule has 6 amide bonds. The van der Waals surface area contributed by atoms with E-state index < -0.39 is 82.4 Å². The number of halogens is 6. The zero-order chi connectivity index (χ0) is 96.6. The number of amides is 6. The van der Waals surface area contributed by atoms with Crippen LogP contribution in [0.3, 0.4) is 0 Å². The minimum absolute atomic E-state index is 0.00515. The van der Waals surface area contributed by atoms with Crippen LogP contribution in [-0.2, 0) is 27.1 Å². The van der Waals surface area contributed by atoms with Crippen LogP contribution in [0.4, 0.5) is 34.1 Å². The van der Waals surface area contributed by atoms with Gasteiger partial charge in [0.1, 0.15) is 34.1 Å². The Morgan fingerprint density at radius 2 is 0.580 bits per heavy atom. The molecule has 10 aromatic carbocycles. The molecule has 38 heteroatoms. The number of esters is 3. The Morgan fingerprint density at radius 3 is 0.870 bits per heavy atom. The van der Waals surface area contributed by atoms with E-state index in [1.165, 1.54) is 185 Å². The summed E-state index contributed by atoms with van der Waals surface area (Å²) >= 11 is 27.9. The molecule has 0 aliphatic carbocycles. The molecule has 15 N–H and O–H groups in total. The number of carboxylic acids is 3. The second kappa shape index (κ2) is 49.8. The third-order valence-corrected chi connectivity index (χ3v) is 20.2. The predicted molar refractivity (Wildman–Crippen MR) is 510 cm³/mol. The highest BCUT2D eigenvalue weighted by Crippen LogP contribution is 2.32. The minimum Gasteiger partial charge on any atom is -0.507 e. The molecule has 0 saturated carbocycles. The molecule has 0 saturated heterocycles. The van der Waals surface area contributed by atoms with Gasteiger partial charge in [0.05, 0.1) is 120 Å². The van der Waals surface area contributed by atoms with E-state index in [1.54, 1.807) is 60.7 Å². The third-order valence-electron chi connectivity index (χ3n) is 17.6. The summed E-state index contributed by atoms with van der Waals surface area (Å²) in [5.41, 5.74) is 4.74. The predicted octanol–water partition coefficient (Wildman–Crippen LogP) is 18.5. The number of methoxy groups -OCH3 is 3. The summed E-state index contributed by atoms with van der Waals surface area (Å²) in [7, 11) is 3.84. The van der Waals surface area contributed by atoms with Crippen molar-refractivity contribution < 1.29 is 107 Å². The monoisotopic (exact) mass is 2090 g/mol. The van der Waals surface area contributed by atoms with Crippen molar-refractivity contribution in [2.45, 2.75) is 40.5 Å². The largest absolute Gasteiger partial charge is 0.507 e. The molecular formula is C93H80Cl4I2N8O24. The van der Waals surface area contributed by atoms with Crippen molar-refractivity contribution in [1.29, 1.82) is 0 Å². The van der Waals surface area contributed by atoms with Gasteiger partial charge in [-0.15, -0.1) is 0 Å². The number of phenols is 4. The van der Waals surface area contributed by atoms with Crippen LogP contribution in [0.5, 0.6) is 23.0 Å². The number of aromatic amines is 2. The summed E-state index contributed by atoms with van der Waals surface area (Å²) in [6.07, 6.45) is 4.48.